The normalized spacial score (nSPS) is 13.6. The number of hydrogen-bond donors (Lipinski definition) is 2. The van der Waals surface area contributed by atoms with Gasteiger partial charge in [-0.25, -0.2) is 0 Å². The van der Waals surface area contributed by atoms with Gasteiger partial charge in [0.2, 0.25) is 0 Å². The monoisotopic (exact) mass is 451 g/mol. The summed E-state index contributed by atoms with van der Waals surface area (Å²) in [6.07, 6.45) is 20.4. The van der Waals surface area contributed by atoms with Crippen molar-refractivity contribution >= 4 is 12.0 Å². The van der Waals surface area contributed by atoms with Gasteiger partial charge in [0.1, 0.15) is 12.4 Å². The number of benzene rings is 1. The number of rotatable bonds is 12. The predicted molar refractivity (Wildman–Crippen MR) is 147 cm³/mol. The van der Waals surface area contributed by atoms with E-state index in [4.69, 9.17) is 11.2 Å². The van der Waals surface area contributed by atoms with E-state index in [0.29, 0.717) is 12.3 Å². The number of aromatic nitrogens is 1. The molecule has 0 spiro atoms. The molecule has 0 aliphatic heterocycles. The Bertz CT molecular complexity index is 1150. The van der Waals surface area contributed by atoms with Crippen LogP contribution in [-0.2, 0) is 4.74 Å². The first kappa shape index (κ1) is 26.0. The molecule has 2 aromatic rings. The number of allylic oxidation sites excluding steroid dienone is 8. The molecule has 0 fully saturated rings. The van der Waals surface area contributed by atoms with Crippen molar-refractivity contribution in [2.75, 3.05) is 11.9 Å². The lowest BCUT2D eigenvalue weighted by molar-refractivity contribution is 0.242. The van der Waals surface area contributed by atoms with Gasteiger partial charge in [0.05, 0.1) is 17.5 Å². The van der Waals surface area contributed by atoms with Crippen molar-refractivity contribution in [1.29, 1.82) is 0 Å². The van der Waals surface area contributed by atoms with E-state index in [1.165, 1.54) is 0 Å². The van der Waals surface area contributed by atoms with Crippen LogP contribution in [0, 0.1) is 12.3 Å². The van der Waals surface area contributed by atoms with Gasteiger partial charge >= 0.3 is 0 Å². The molecule has 0 bridgehead atoms. The molecule has 2 N–H and O–H groups in total. The maximum Gasteiger partial charge on any atom is 0.113 e. The van der Waals surface area contributed by atoms with Gasteiger partial charge in [0.25, 0.3) is 0 Å². The van der Waals surface area contributed by atoms with Crippen LogP contribution in [0.5, 0.6) is 0 Å². The molecule has 174 valence electrons. The van der Waals surface area contributed by atoms with Crippen molar-refractivity contribution in [2.45, 2.75) is 26.8 Å². The summed E-state index contributed by atoms with van der Waals surface area (Å²) in [4.78, 5) is 8.02. The van der Waals surface area contributed by atoms with E-state index < -0.39 is 0 Å². The number of aromatic amines is 1. The van der Waals surface area contributed by atoms with Crippen molar-refractivity contribution in [3.63, 3.8) is 0 Å². The third-order valence-electron chi connectivity index (χ3n) is 4.75. The highest BCUT2D eigenvalue weighted by Crippen LogP contribution is 2.24. The Morgan fingerprint density at radius 2 is 1.94 bits per heavy atom. The van der Waals surface area contributed by atoms with Gasteiger partial charge in [-0.1, -0.05) is 73.7 Å². The summed E-state index contributed by atoms with van der Waals surface area (Å²) in [5.41, 5.74) is 4.78. The molecule has 1 aromatic carbocycles. The molecule has 4 nitrogen and oxygen atoms in total. The number of H-pyrrole nitrogens is 1. The Morgan fingerprint density at radius 3 is 2.62 bits per heavy atom. The van der Waals surface area contributed by atoms with Crippen LogP contribution < -0.4 is 5.32 Å². The van der Waals surface area contributed by atoms with Crippen LogP contribution in [0.3, 0.4) is 0 Å². The molecule has 1 aromatic heterocycles. The molecular formula is C30H33N3O. The van der Waals surface area contributed by atoms with Crippen LogP contribution in [0.25, 0.3) is 11.3 Å². The molecule has 1 unspecified atom stereocenters. The molecule has 0 saturated carbocycles. The van der Waals surface area contributed by atoms with Gasteiger partial charge in [-0.15, -0.1) is 6.42 Å². The fourth-order valence-corrected chi connectivity index (χ4v) is 2.86. The van der Waals surface area contributed by atoms with Crippen LogP contribution >= 0.6 is 0 Å². The first-order valence-electron chi connectivity index (χ1n) is 11.1. The second-order valence-electron chi connectivity index (χ2n) is 7.67. The fourth-order valence-electron chi connectivity index (χ4n) is 2.86. The molecular weight excluding hydrogens is 418 g/mol. The van der Waals surface area contributed by atoms with Crippen LogP contribution in [-0.4, -0.2) is 23.8 Å². The lowest BCUT2D eigenvalue weighted by atomic mass is 10.1. The van der Waals surface area contributed by atoms with E-state index in [1.807, 2.05) is 75.4 Å². The third kappa shape index (κ3) is 8.72. The molecule has 0 saturated heterocycles. The highest BCUT2D eigenvalue weighted by molar-refractivity contribution is 5.90. The van der Waals surface area contributed by atoms with Crippen molar-refractivity contribution in [1.82, 2.24) is 4.98 Å². The minimum Gasteiger partial charge on any atom is -0.494 e. The molecule has 34 heavy (non-hydrogen) atoms. The van der Waals surface area contributed by atoms with E-state index in [1.54, 1.807) is 18.4 Å². The maximum absolute atomic E-state index is 5.79. The van der Waals surface area contributed by atoms with E-state index in [0.717, 1.165) is 34.0 Å². The Labute approximate surface area is 203 Å². The molecule has 0 aliphatic carbocycles. The molecule has 0 amide bonds. The molecule has 4 heteroatoms. The quantitative estimate of drug-likeness (QED) is 0.155. The zero-order chi connectivity index (χ0) is 24.8. The first-order valence-corrected chi connectivity index (χ1v) is 11.1. The lowest BCUT2D eigenvalue weighted by Gasteiger charge is -2.08. The summed E-state index contributed by atoms with van der Waals surface area (Å²) in [7, 11) is 0. The van der Waals surface area contributed by atoms with Crippen molar-refractivity contribution in [3.8, 4) is 23.6 Å². The van der Waals surface area contributed by atoms with E-state index in [-0.39, 0.29) is 6.04 Å². The predicted octanol–water partition coefficient (Wildman–Crippen LogP) is 7.21. The SMILES string of the molecule is C#CC(C)Nc1[nH]c(-c2ccccc2)cc1C=N/C(C=C)=C/C=C(\C)OC/C(C)=C/C=C\C=C. The highest BCUT2D eigenvalue weighted by atomic mass is 16.5. The highest BCUT2D eigenvalue weighted by Gasteiger charge is 2.10. The molecule has 1 atom stereocenters. The first-order chi connectivity index (χ1) is 16.5. The van der Waals surface area contributed by atoms with Crippen LogP contribution in [0.2, 0.25) is 0 Å². The Balaban J connectivity index is 2.18. The van der Waals surface area contributed by atoms with Crippen molar-refractivity contribution in [3.05, 3.63) is 115 Å². The third-order valence-corrected chi connectivity index (χ3v) is 4.75. The van der Waals surface area contributed by atoms with E-state index in [2.05, 4.69) is 46.5 Å². The van der Waals surface area contributed by atoms with E-state index in [9.17, 15) is 0 Å². The second kappa shape index (κ2) is 14.0. The van der Waals surface area contributed by atoms with E-state index >= 15 is 0 Å². The van der Waals surface area contributed by atoms with Crippen LogP contribution in [0.1, 0.15) is 26.3 Å². The zero-order valence-electron chi connectivity index (χ0n) is 20.2. The lowest BCUT2D eigenvalue weighted by Crippen LogP contribution is -2.13. The van der Waals surface area contributed by atoms with Crippen molar-refractivity contribution in [2.24, 2.45) is 4.99 Å². The van der Waals surface area contributed by atoms with Gasteiger partial charge < -0.3 is 15.0 Å². The molecule has 0 aliphatic rings. The maximum atomic E-state index is 5.79. The van der Waals surface area contributed by atoms with Gasteiger partial charge in [0.15, 0.2) is 0 Å². The smallest absolute Gasteiger partial charge is 0.113 e. The average molecular weight is 452 g/mol. The number of ether oxygens (including phenoxy) is 1. The van der Waals surface area contributed by atoms with Crippen LogP contribution in [0.15, 0.2) is 114 Å². The minimum absolute atomic E-state index is 0.128. The zero-order valence-corrected chi connectivity index (χ0v) is 20.2. The van der Waals surface area contributed by atoms with Gasteiger partial charge in [-0.3, -0.25) is 4.99 Å². The second-order valence-corrected chi connectivity index (χ2v) is 7.67. The fraction of sp³-hybridized carbons (Fsp3) is 0.167. The Morgan fingerprint density at radius 1 is 1.18 bits per heavy atom. The number of aliphatic imine (C=N–C) groups is 1. The Hall–Kier alpha value is -4.23. The summed E-state index contributed by atoms with van der Waals surface area (Å²) < 4.78 is 5.79. The summed E-state index contributed by atoms with van der Waals surface area (Å²) in [5, 5.41) is 3.31. The summed E-state index contributed by atoms with van der Waals surface area (Å²) in [5.74, 6) is 4.30. The molecule has 2 rings (SSSR count). The largest absolute Gasteiger partial charge is 0.494 e. The summed E-state index contributed by atoms with van der Waals surface area (Å²) in [6.45, 7) is 13.9. The number of terminal acetylenes is 1. The standard InChI is InChI=1S/C30H33N3O/c1-7-10-12-15-23(4)22-34-25(6)18-19-28(9-3)31-21-27-20-29(26-16-13-11-14-17-26)33-30(27)32-24(5)8-2/h2,7,9-21,24,32-33H,1,3,22H2,4-6H3/b12-10-,23-15+,25-18+,28-19+,31-21?. The topological polar surface area (TPSA) is 49.4 Å². The summed E-state index contributed by atoms with van der Waals surface area (Å²) >= 11 is 0. The van der Waals surface area contributed by atoms with Crippen LogP contribution in [0.4, 0.5) is 5.82 Å². The molecule has 1 heterocycles. The molecule has 0 radical (unpaired) electrons. The van der Waals surface area contributed by atoms with Gasteiger partial charge in [-0.05, 0) is 56.2 Å². The van der Waals surface area contributed by atoms with Crippen molar-refractivity contribution < 1.29 is 4.74 Å². The Kier molecular flexibility index (Phi) is 10.7. The number of nitrogens with one attached hydrogen (secondary N) is 2. The van der Waals surface area contributed by atoms with Gasteiger partial charge in [-0.2, -0.15) is 0 Å². The average Bonchev–Trinajstić information content (AvgIpc) is 3.25. The minimum atomic E-state index is -0.128. The number of nitrogens with zero attached hydrogens (tertiary/aromatic N) is 1. The number of anilines is 1. The van der Waals surface area contributed by atoms with Gasteiger partial charge in [0, 0.05) is 17.5 Å². The summed E-state index contributed by atoms with van der Waals surface area (Å²) in [6, 6.07) is 12.0. The number of hydrogen-bond acceptors (Lipinski definition) is 3.